The van der Waals surface area contributed by atoms with E-state index in [2.05, 4.69) is 9.88 Å². The third-order valence-electron chi connectivity index (χ3n) is 6.21. The summed E-state index contributed by atoms with van der Waals surface area (Å²) in [6.07, 6.45) is 0.973. The highest BCUT2D eigenvalue weighted by molar-refractivity contribution is 5.92. The molecule has 0 spiro atoms. The van der Waals surface area contributed by atoms with Crippen LogP contribution < -0.4 is 10.5 Å². The molecule has 1 aromatic carbocycles. The number of carbonyl (C=O) groups excluding carboxylic acids is 1. The first-order chi connectivity index (χ1) is 15.5. The van der Waals surface area contributed by atoms with Gasteiger partial charge in [-0.25, -0.2) is 9.59 Å². The fraction of sp³-hybridized carbons (Fsp3) is 0.458. The van der Waals surface area contributed by atoms with Crippen LogP contribution in [-0.2, 0) is 11.2 Å². The van der Waals surface area contributed by atoms with E-state index < -0.39 is 28.4 Å². The van der Waals surface area contributed by atoms with Crippen molar-refractivity contribution in [1.82, 2.24) is 9.88 Å². The van der Waals surface area contributed by atoms with Crippen molar-refractivity contribution in [1.29, 1.82) is 0 Å². The average molecular weight is 456 g/mol. The van der Waals surface area contributed by atoms with Crippen LogP contribution in [0.1, 0.15) is 50.0 Å². The molecule has 176 valence electrons. The number of carboxylic acids is 1. The van der Waals surface area contributed by atoms with E-state index in [1.54, 1.807) is 6.92 Å². The Morgan fingerprint density at radius 3 is 2.33 bits per heavy atom. The molecule has 9 heteroatoms. The van der Waals surface area contributed by atoms with Crippen molar-refractivity contribution in [3.63, 3.8) is 0 Å². The summed E-state index contributed by atoms with van der Waals surface area (Å²) in [5, 5.41) is 19.6. The molecule has 3 heterocycles. The van der Waals surface area contributed by atoms with Gasteiger partial charge in [-0.1, -0.05) is 19.1 Å². The number of hydrogen-bond acceptors (Lipinski definition) is 6. The summed E-state index contributed by atoms with van der Waals surface area (Å²) in [5.41, 5.74) is 0.472. The van der Waals surface area contributed by atoms with Crippen LogP contribution in [0, 0.1) is 0 Å². The summed E-state index contributed by atoms with van der Waals surface area (Å²) in [6, 6.07) is 7.88. The number of fused-ring (bicyclic) bond motifs is 2. The second kappa shape index (κ2) is 8.13. The van der Waals surface area contributed by atoms with Gasteiger partial charge in [0.25, 0.3) is 5.56 Å². The van der Waals surface area contributed by atoms with Crippen molar-refractivity contribution in [2.24, 2.45) is 0 Å². The number of carbonyl (C=O) groups is 2. The smallest absolute Gasteiger partial charge is 0.410 e. The van der Waals surface area contributed by atoms with Crippen LogP contribution in [0.4, 0.5) is 10.5 Å². The predicted molar refractivity (Wildman–Crippen MR) is 123 cm³/mol. The zero-order valence-electron chi connectivity index (χ0n) is 19.2. The Balaban J connectivity index is 1.54. The number of aromatic nitrogens is 1. The topological polar surface area (TPSA) is 123 Å². The SMILES string of the molecule is CCc1c(-c2ccc(N3CC4CC3CN4C(=O)OC(C)(C)C)cc2)[nH]c(=O)c(C(=O)O)c1O. The van der Waals surface area contributed by atoms with Crippen LogP contribution in [-0.4, -0.2) is 62.9 Å². The molecule has 1 aromatic heterocycles. The molecule has 0 aliphatic carbocycles. The molecule has 2 aromatic rings. The molecule has 0 radical (unpaired) electrons. The monoisotopic (exact) mass is 455 g/mol. The normalized spacial score (nSPS) is 19.8. The summed E-state index contributed by atoms with van der Waals surface area (Å²) in [7, 11) is 0. The number of pyridine rings is 1. The van der Waals surface area contributed by atoms with E-state index in [1.807, 2.05) is 49.9 Å². The molecule has 3 N–H and O–H groups in total. The van der Waals surface area contributed by atoms with Gasteiger partial charge >= 0.3 is 12.1 Å². The van der Waals surface area contributed by atoms with Crippen LogP contribution in [0.15, 0.2) is 29.1 Å². The van der Waals surface area contributed by atoms with Crippen LogP contribution in [0.25, 0.3) is 11.3 Å². The van der Waals surface area contributed by atoms with Gasteiger partial charge in [0.15, 0.2) is 5.56 Å². The number of rotatable bonds is 4. The molecule has 2 aliphatic heterocycles. The van der Waals surface area contributed by atoms with E-state index in [9.17, 15) is 24.6 Å². The van der Waals surface area contributed by atoms with E-state index in [0.717, 1.165) is 12.1 Å². The number of aromatic carboxylic acids is 1. The Morgan fingerprint density at radius 1 is 1.15 bits per heavy atom. The van der Waals surface area contributed by atoms with Crippen molar-refractivity contribution in [3.05, 3.63) is 45.7 Å². The number of aromatic amines is 1. The lowest BCUT2D eigenvalue weighted by molar-refractivity contribution is 0.0214. The van der Waals surface area contributed by atoms with Crippen LogP contribution >= 0.6 is 0 Å². The van der Waals surface area contributed by atoms with Gasteiger partial charge in [0, 0.05) is 30.4 Å². The number of aromatic hydroxyl groups is 1. The van der Waals surface area contributed by atoms with E-state index in [0.29, 0.717) is 36.3 Å². The number of carboxylic acid groups (broad SMARTS) is 1. The number of likely N-dealkylation sites (tertiary alicyclic amines) is 1. The van der Waals surface area contributed by atoms with Crippen LogP contribution in [0.3, 0.4) is 0 Å². The molecule has 2 atom stereocenters. The first-order valence-electron chi connectivity index (χ1n) is 11.1. The number of amides is 1. The molecule has 2 bridgehead atoms. The molecule has 1 amide bonds. The Labute approximate surface area is 191 Å². The summed E-state index contributed by atoms with van der Waals surface area (Å²) in [4.78, 5) is 42.7. The standard InChI is InChI=1S/C24H29N3O6/c1-5-17-19(25-21(29)18(20(17)28)22(30)31)13-6-8-14(9-7-13)26-11-16-10-15(26)12-27(16)23(32)33-24(2,3)4/h6-9,15-16H,5,10-12H2,1-4H3,(H,30,31)(H2,25,28,29). The quantitative estimate of drug-likeness (QED) is 0.647. The largest absolute Gasteiger partial charge is 0.506 e. The number of hydrogen-bond donors (Lipinski definition) is 3. The lowest BCUT2D eigenvalue weighted by Crippen LogP contribution is -2.50. The number of nitrogens with one attached hydrogen (secondary N) is 1. The van der Waals surface area contributed by atoms with Gasteiger partial charge < -0.3 is 29.7 Å². The Kier molecular flexibility index (Phi) is 5.59. The molecule has 2 saturated heterocycles. The summed E-state index contributed by atoms with van der Waals surface area (Å²) in [5.74, 6) is -1.96. The van der Waals surface area contributed by atoms with Crippen molar-refractivity contribution >= 4 is 17.7 Å². The van der Waals surface area contributed by atoms with Crippen molar-refractivity contribution < 1.29 is 24.5 Å². The van der Waals surface area contributed by atoms with Gasteiger partial charge in [0.2, 0.25) is 0 Å². The number of benzene rings is 1. The predicted octanol–water partition coefficient (Wildman–Crippen LogP) is 3.21. The first kappa shape index (κ1) is 22.7. The minimum Gasteiger partial charge on any atom is -0.506 e. The van der Waals surface area contributed by atoms with Crippen molar-refractivity contribution in [2.75, 3.05) is 18.0 Å². The molecule has 9 nitrogen and oxygen atoms in total. The molecule has 2 fully saturated rings. The Morgan fingerprint density at radius 2 is 1.82 bits per heavy atom. The van der Waals surface area contributed by atoms with E-state index in [1.165, 1.54) is 0 Å². The highest BCUT2D eigenvalue weighted by Crippen LogP contribution is 2.37. The third kappa shape index (κ3) is 4.15. The minimum atomic E-state index is -1.46. The van der Waals surface area contributed by atoms with E-state index >= 15 is 0 Å². The molecule has 0 saturated carbocycles. The second-order valence-corrected chi connectivity index (χ2v) is 9.57. The number of nitrogens with zero attached hydrogens (tertiary/aromatic N) is 2. The minimum absolute atomic E-state index is 0.105. The highest BCUT2D eigenvalue weighted by atomic mass is 16.6. The molecule has 2 aliphatic rings. The maximum atomic E-state index is 12.5. The zero-order chi connectivity index (χ0) is 24.1. The molecule has 33 heavy (non-hydrogen) atoms. The second-order valence-electron chi connectivity index (χ2n) is 9.57. The maximum absolute atomic E-state index is 12.5. The van der Waals surface area contributed by atoms with Crippen molar-refractivity contribution in [3.8, 4) is 17.0 Å². The molecular weight excluding hydrogens is 426 g/mol. The Bertz CT molecular complexity index is 1150. The third-order valence-corrected chi connectivity index (χ3v) is 6.21. The van der Waals surface area contributed by atoms with Crippen LogP contribution in [0.5, 0.6) is 5.75 Å². The van der Waals surface area contributed by atoms with Gasteiger partial charge in [-0.15, -0.1) is 0 Å². The number of H-pyrrole nitrogens is 1. The van der Waals surface area contributed by atoms with Gasteiger partial charge in [0.1, 0.15) is 11.4 Å². The van der Waals surface area contributed by atoms with E-state index in [-0.39, 0.29) is 18.2 Å². The highest BCUT2D eigenvalue weighted by Gasteiger charge is 2.46. The van der Waals surface area contributed by atoms with Crippen molar-refractivity contribution in [2.45, 2.75) is 58.2 Å². The number of ether oxygens (including phenoxy) is 1. The fourth-order valence-corrected chi connectivity index (χ4v) is 4.76. The first-order valence-corrected chi connectivity index (χ1v) is 11.1. The molecular formula is C24H29N3O6. The fourth-order valence-electron chi connectivity index (χ4n) is 4.76. The van der Waals surface area contributed by atoms with Gasteiger partial charge in [-0.2, -0.15) is 0 Å². The molecule has 2 unspecified atom stereocenters. The van der Waals surface area contributed by atoms with Gasteiger partial charge in [-0.3, -0.25) is 4.79 Å². The van der Waals surface area contributed by atoms with Crippen LogP contribution in [0.2, 0.25) is 0 Å². The van der Waals surface area contributed by atoms with Gasteiger partial charge in [0.05, 0.1) is 11.7 Å². The number of anilines is 1. The van der Waals surface area contributed by atoms with E-state index in [4.69, 9.17) is 4.74 Å². The lowest BCUT2D eigenvalue weighted by atomic mass is 10.00. The zero-order valence-corrected chi connectivity index (χ0v) is 19.2. The Hall–Kier alpha value is -3.49. The van der Waals surface area contributed by atoms with Gasteiger partial charge in [-0.05, 0) is 51.3 Å². The summed E-state index contributed by atoms with van der Waals surface area (Å²) < 4.78 is 5.53. The average Bonchev–Trinajstić information content (AvgIpc) is 3.33. The number of piperazine rings is 1. The lowest BCUT2D eigenvalue weighted by Gasteiger charge is -2.36. The molecule has 4 rings (SSSR count). The maximum Gasteiger partial charge on any atom is 0.410 e. The summed E-state index contributed by atoms with van der Waals surface area (Å²) in [6.45, 7) is 8.69. The summed E-state index contributed by atoms with van der Waals surface area (Å²) >= 11 is 0.